The van der Waals surface area contributed by atoms with Gasteiger partial charge in [0.15, 0.2) is 0 Å². The molecule has 0 atom stereocenters. The summed E-state index contributed by atoms with van der Waals surface area (Å²) in [6.07, 6.45) is 1.54. The fraction of sp³-hybridized carbons (Fsp3) is 0. The molecule has 2 aromatic rings. The van der Waals surface area contributed by atoms with Crippen molar-refractivity contribution in [3.63, 3.8) is 0 Å². The molecule has 0 bridgehead atoms. The highest BCUT2D eigenvalue weighted by molar-refractivity contribution is 9.10. The fourth-order valence-corrected chi connectivity index (χ4v) is 1.63. The van der Waals surface area contributed by atoms with Gasteiger partial charge in [0.25, 0.3) is 0 Å². The van der Waals surface area contributed by atoms with Crippen molar-refractivity contribution in [2.45, 2.75) is 0 Å². The van der Waals surface area contributed by atoms with Crippen molar-refractivity contribution in [2.75, 3.05) is 0 Å². The summed E-state index contributed by atoms with van der Waals surface area (Å²) in [6.45, 7) is 0. The first-order valence-corrected chi connectivity index (χ1v) is 4.78. The van der Waals surface area contributed by atoms with E-state index in [0.29, 0.717) is 15.9 Å². The topological polar surface area (TPSA) is 33.1 Å². The molecular formula is C9H5BrClNO. The number of nitrogens with zero attached hydrogens (tertiary/aromatic N) is 1. The van der Waals surface area contributed by atoms with Gasteiger partial charge < -0.3 is 5.11 Å². The standard InChI is InChI=1S/C9H5BrClNO/c10-6-3-5-8(4-7(6)11)12-2-1-9(5)13/h1-4H,(H,12,13). The van der Waals surface area contributed by atoms with Gasteiger partial charge in [-0.15, -0.1) is 0 Å². The lowest BCUT2D eigenvalue weighted by atomic mass is 10.2. The second-order valence-electron chi connectivity index (χ2n) is 2.61. The van der Waals surface area contributed by atoms with Gasteiger partial charge in [-0.2, -0.15) is 0 Å². The predicted octanol–water partition coefficient (Wildman–Crippen LogP) is 3.36. The lowest BCUT2D eigenvalue weighted by Crippen LogP contribution is -1.79. The molecule has 0 aliphatic carbocycles. The smallest absolute Gasteiger partial charge is 0.126 e. The summed E-state index contributed by atoms with van der Waals surface area (Å²) >= 11 is 9.15. The van der Waals surface area contributed by atoms with Gasteiger partial charge in [-0.05, 0) is 34.1 Å². The highest BCUT2D eigenvalue weighted by Gasteiger charge is 2.04. The summed E-state index contributed by atoms with van der Waals surface area (Å²) in [7, 11) is 0. The SMILES string of the molecule is Oc1ccnc2cc(Cl)c(Br)cc12. The van der Waals surface area contributed by atoms with Crippen molar-refractivity contribution >= 4 is 38.4 Å². The Morgan fingerprint density at radius 3 is 2.92 bits per heavy atom. The van der Waals surface area contributed by atoms with Crippen LogP contribution in [0.4, 0.5) is 0 Å². The van der Waals surface area contributed by atoms with Crippen LogP contribution in [0.1, 0.15) is 0 Å². The van der Waals surface area contributed by atoms with E-state index in [1.807, 2.05) is 0 Å². The zero-order valence-electron chi connectivity index (χ0n) is 6.46. The summed E-state index contributed by atoms with van der Waals surface area (Å²) in [4.78, 5) is 4.08. The molecule has 0 aliphatic heterocycles. The van der Waals surface area contributed by atoms with Gasteiger partial charge >= 0.3 is 0 Å². The monoisotopic (exact) mass is 257 g/mol. The lowest BCUT2D eigenvalue weighted by Gasteiger charge is -2.01. The minimum absolute atomic E-state index is 0.211. The Bertz CT molecular complexity index is 472. The van der Waals surface area contributed by atoms with Crippen molar-refractivity contribution in [3.8, 4) is 5.75 Å². The van der Waals surface area contributed by atoms with Crippen LogP contribution in [0, 0.1) is 0 Å². The highest BCUT2D eigenvalue weighted by atomic mass is 79.9. The summed E-state index contributed by atoms with van der Waals surface area (Å²) in [5.74, 6) is 0.211. The van der Waals surface area contributed by atoms with E-state index in [4.69, 9.17) is 11.6 Å². The number of fused-ring (bicyclic) bond motifs is 1. The van der Waals surface area contributed by atoms with Gasteiger partial charge in [0.2, 0.25) is 0 Å². The van der Waals surface area contributed by atoms with Crippen LogP contribution in [0.5, 0.6) is 5.75 Å². The van der Waals surface area contributed by atoms with Crippen molar-refractivity contribution in [3.05, 3.63) is 33.9 Å². The zero-order valence-corrected chi connectivity index (χ0v) is 8.80. The van der Waals surface area contributed by atoms with Crippen LogP contribution in [0.15, 0.2) is 28.9 Å². The molecule has 13 heavy (non-hydrogen) atoms. The van der Waals surface area contributed by atoms with E-state index in [1.54, 1.807) is 24.4 Å². The molecule has 1 heterocycles. The Morgan fingerprint density at radius 1 is 1.38 bits per heavy atom. The predicted molar refractivity (Wildman–Crippen MR) is 56.1 cm³/mol. The second kappa shape index (κ2) is 3.16. The Morgan fingerprint density at radius 2 is 2.15 bits per heavy atom. The zero-order chi connectivity index (χ0) is 9.42. The van der Waals surface area contributed by atoms with Gasteiger partial charge in [0, 0.05) is 16.1 Å². The van der Waals surface area contributed by atoms with E-state index in [0.717, 1.165) is 4.47 Å². The van der Waals surface area contributed by atoms with Gasteiger partial charge in [-0.25, -0.2) is 0 Å². The van der Waals surface area contributed by atoms with E-state index in [2.05, 4.69) is 20.9 Å². The van der Waals surface area contributed by atoms with Crippen LogP contribution in [0.25, 0.3) is 10.9 Å². The second-order valence-corrected chi connectivity index (χ2v) is 3.88. The summed E-state index contributed by atoms with van der Waals surface area (Å²) in [6, 6.07) is 5.00. The normalized spacial score (nSPS) is 10.6. The van der Waals surface area contributed by atoms with E-state index in [1.165, 1.54) is 0 Å². The number of hydrogen-bond acceptors (Lipinski definition) is 2. The molecule has 0 aliphatic rings. The molecular weight excluding hydrogens is 253 g/mol. The Kier molecular flexibility index (Phi) is 2.14. The quantitative estimate of drug-likeness (QED) is 0.786. The molecule has 1 N–H and O–H groups in total. The molecule has 0 amide bonds. The Labute approximate surface area is 88.3 Å². The van der Waals surface area contributed by atoms with Gasteiger partial charge in [0.1, 0.15) is 5.75 Å². The molecule has 1 aromatic heterocycles. The molecule has 0 saturated carbocycles. The van der Waals surface area contributed by atoms with Crippen molar-refractivity contribution in [1.29, 1.82) is 0 Å². The lowest BCUT2D eigenvalue weighted by molar-refractivity contribution is 0.481. The maximum absolute atomic E-state index is 9.48. The van der Waals surface area contributed by atoms with E-state index in [9.17, 15) is 5.11 Å². The molecule has 2 nitrogen and oxygen atoms in total. The molecule has 0 unspecified atom stereocenters. The van der Waals surface area contributed by atoms with Crippen LogP contribution >= 0.6 is 27.5 Å². The average Bonchev–Trinajstić information content (AvgIpc) is 2.09. The van der Waals surface area contributed by atoms with E-state index >= 15 is 0 Å². The van der Waals surface area contributed by atoms with E-state index in [-0.39, 0.29) is 5.75 Å². The third kappa shape index (κ3) is 1.49. The molecule has 0 saturated heterocycles. The first-order chi connectivity index (χ1) is 6.18. The number of pyridine rings is 1. The van der Waals surface area contributed by atoms with Crippen LogP contribution in [-0.4, -0.2) is 10.1 Å². The minimum atomic E-state index is 0.211. The largest absolute Gasteiger partial charge is 0.507 e. The third-order valence-corrected chi connectivity index (χ3v) is 2.96. The number of hydrogen-bond donors (Lipinski definition) is 1. The van der Waals surface area contributed by atoms with E-state index < -0.39 is 0 Å². The molecule has 66 valence electrons. The molecule has 0 spiro atoms. The maximum atomic E-state index is 9.48. The highest BCUT2D eigenvalue weighted by Crippen LogP contribution is 2.31. The summed E-state index contributed by atoms with van der Waals surface area (Å²) < 4.78 is 0.755. The number of aromatic hydroxyl groups is 1. The van der Waals surface area contributed by atoms with Gasteiger partial charge in [0.05, 0.1) is 10.5 Å². The van der Waals surface area contributed by atoms with Crippen molar-refractivity contribution in [2.24, 2.45) is 0 Å². The minimum Gasteiger partial charge on any atom is -0.507 e. The molecule has 0 fully saturated rings. The first kappa shape index (κ1) is 8.78. The molecule has 4 heteroatoms. The van der Waals surface area contributed by atoms with Crippen LogP contribution in [0.2, 0.25) is 5.02 Å². The van der Waals surface area contributed by atoms with Crippen molar-refractivity contribution in [1.82, 2.24) is 4.98 Å². The average molecular weight is 259 g/mol. The number of aromatic nitrogens is 1. The molecule has 1 aromatic carbocycles. The Balaban J connectivity index is 2.89. The summed E-state index contributed by atoms with van der Waals surface area (Å²) in [5, 5.41) is 10.8. The summed E-state index contributed by atoms with van der Waals surface area (Å²) in [5.41, 5.74) is 0.688. The number of benzene rings is 1. The number of halogens is 2. The van der Waals surface area contributed by atoms with Crippen molar-refractivity contribution < 1.29 is 5.11 Å². The van der Waals surface area contributed by atoms with Crippen LogP contribution in [0.3, 0.4) is 0 Å². The van der Waals surface area contributed by atoms with Gasteiger partial charge in [-0.3, -0.25) is 4.98 Å². The third-order valence-electron chi connectivity index (χ3n) is 1.76. The molecule has 0 radical (unpaired) electrons. The van der Waals surface area contributed by atoms with Gasteiger partial charge in [-0.1, -0.05) is 11.6 Å². The first-order valence-electron chi connectivity index (χ1n) is 3.61. The number of rotatable bonds is 0. The van der Waals surface area contributed by atoms with Crippen LogP contribution < -0.4 is 0 Å². The maximum Gasteiger partial charge on any atom is 0.126 e. The fourth-order valence-electron chi connectivity index (χ4n) is 1.13. The Hall–Kier alpha value is -0.800. The van der Waals surface area contributed by atoms with Crippen LogP contribution in [-0.2, 0) is 0 Å². The molecule has 2 rings (SSSR count).